The molecular weight excluding hydrogens is 296 g/mol. The molecule has 1 fully saturated rings. The Morgan fingerprint density at radius 1 is 0.958 bits per heavy atom. The Morgan fingerprint density at radius 2 is 1.79 bits per heavy atom. The van der Waals surface area contributed by atoms with Crippen LogP contribution in [0.3, 0.4) is 0 Å². The van der Waals surface area contributed by atoms with Gasteiger partial charge in [0, 0.05) is 11.6 Å². The molecule has 116 valence electrons. The number of hydrogen-bond acceptors (Lipinski definition) is 3. The summed E-state index contributed by atoms with van der Waals surface area (Å²) in [5, 5.41) is 4.36. The molecule has 0 spiro atoms. The minimum absolute atomic E-state index is 0.286. The fraction of sp³-hybridized carbons (Fsp3) is 0.200. The molecule has 2 N–H and O–H groups in total. The summed E-state index contributed by atoms with van der Waals surface area (Å²) in [6.07, 6.45) is 4.15. The highest BCUT2D eigenvalue weighted by molar-refractivity contribution is 5.75. The highest BCUT2D eigenvalue weighted by atomic mass is 14.9. The van der Waals surface area contributed by atoms with Crippen LogP contribution in [0.5, 0.6) is 0 Å². The Morgan fingerprint density at radius 3 is 2.50 bits per heavy atom. The van der Waals surface area contributed by atoms with Gasteiger partial charge in [-0.2, -0.15) is 0 Å². The Balaban J connectivity index is 1.62. The summed E-state index contributed by atoms with van der Waals surface area (Å²) in [5.41, 5.74) is 3.00. The molecule has 4 nitrogen and oxygen atoms in total. The zero-order valence-electron chi connectivity index (χ0n) is 13.1. The maximum atomic E-state index is 4.55. The van der Waals surface area contributed by atoms with Gasteiger partial charge in [0.25, 0.3) is 0 Å². The van der Waals surface area contributed by atoms with Gasteiger partial charge in [0.2, 0.25) is 0 Å². The standard InChI is InChI=1S/C20H16N4/c1-3-16(21-13-1)9-11-18-7-5-15-6-8-19(24-20(15)23-18)12-10-17-4-2-14-22-17/h1,3,5-8,13,17,21-22H,2,4,14H2. The molecule has 4 heteroatoms. The first-order chi connectivity index (χ1) is 11.9. The van der Waals surface area contributed by atoms with Crippen LogP contribution in [0, 0.1) is 23.7 Å². The summed E-state index contributed by atoms with van der Waals surface area (Å²) in [4.78, 5) is 12.1. The normalized spacial score (nSPS) is 16.2. The van der Waals surface area contributed by atoms with Crippen molar-refractivity contribution < 1.29 is 0 Å². The average Bonchev–Trinajstić information content (AvgIpc) is 3.31. The van der Waals surface area contributed by atoms with Crippen LogP contribution in [0.25, 0.3) is 11.0 Å². The molecule has 0 aromatic carbocycles. The van der Waals surface area contributed by atoms with Gasteiger partial charge in [-0.25, -0.2) is 9.97 Å². The molecule has 1 saturated heterocycles. The van der Waals surface area contributed by atoms with E-state index in [4.69, 9.17) is 0 Å². The van der Waals surface area contributed by atoms with Gasteiger partial charge in [-0.15, -0.1) is 0 Å². The molecule has 0 saturated carbocycles. The number of pyridine rings is 2. The third-order valence-corrected chi connectivity index (χ3v) is 3.91. The first kappa shape index (κ1) is 14.5. The van der Waals surface area contributed by atoms with Gasteiger partial charge in [0.05, 0.1) is 11.7 Å². The Labute approximate surface area is 140 Å². The second kappa shape index (κ2) is 6.58. The van der Waals surface area contributed by atoms with E-state index >= 15 is 0 Å². The van der Waals surface area contributed by atoms with Crippen molar-refractivity contribution in [3.8, 4) is 23.7 Å². The number of aromatic amines is 1. The van der Waals surface area contributed by atoms with Crippen LogP contribution < -0.4 is 5.32 Å². The molecule has 4 heterocycles. The van der Waals surface area contributed by atoms with Crippen molar-refractivity contribution in [2.24, 2.45) is 0 Å². The van der Waals surface area contributed by atoms with Crippen LogP contribution in [-0.4, -0.2) is 27.5 Å². The number of nitrogens with one attached hydrogen (secondary N) is 2. The SMILES string of the molecule is C(#Cc1ccc[nH]1)c1ccc2ccc(C#CC3CCCN3)nc2n1. The van der Waals surface area contributed by atoms with Crippen molar-refractivity contribution >= 4 is 11.0 Å². The molecule has 1 aliphatic heterocycles. The summed E-state index contributed by atoms with van der Waals surface area (Å²) in [6, 6.07) is 12.0. The van der Waals surface area contributed by atoms with E-state index < -0.39 is 0 Å². The second-order valence-corrected chi connectivity index (χ2v) is 5.69. The van der Waals surface area contributed by atoms with Gasteiger partial charge in [0.15, 0.2) is 5.65 Å². The van der Waals surface area contributed by atoms with E-state index in [2.05, 4.69) is 44.0 Å². The van der Waals surface area contributed by atoms with Crippen LogP contribution >= 0.6 is 0 Å². The van der Waals surface area contributed by atoms with Crippen molar-refractivity contribution in [1.29, 1.82) is 0 Å². The number of H-pyrrole nitrogens is 1. The Bertz CT molecular complexity index is 975. The lowest BCUT2D eigenvalue weighted by Gasteiger charge is -1.99. The van der Waals surface area contributed by atoms with Crippen LogP contribution in [0.15, 0.2) is 42.6 Å². The van der Waals surface area contributed by atoms with Crippen molar-refractivity contribution in [2.75, 3.05) is 6.54 Å². The summed E-state index contributed by atoms with van der Waals surface area (Å²) < 4.78 is 0. The minimum atomic E-state index is 0.286. The van der Waals surface area contributed by atoms with E-state index in [1.165, 1.54) is 6.42 Å². The van der Waals surface area contributed by atoms with Crippen LogP contribution in [0.4, 0.5) is 0 Å². The van der Waals surface area contributed by atoms with Gasteiger partial charge in [0.1, 0.15) is 11.4 Å². The predicted molar refractivity (Wildman–Crippen MR) is 94.2 cm³/mol. The average molecular weight is 312 g/mol. The fourth-order valence-electron chi connectivity index (χ4n) is 2.65. The van der Waals surface area contributed by atoms with E-state index in [-0.39, 0.29) is 6.04 Å². The largest absolute Gasteiger partial charge is 0.355 e. The number of nitrogens with zero attached hydrogens (tertiary/aromatic N) is 2. The first-order valence-electron chi connectivity index (χ1n) is 8.05. The second-order valence-electron chi connectivity index (χ2n) is 5.69. The molecule has 3 aromatic heterocycles. The molecule has 1 unspecified atom stereocenters. The topological polar surface area (TPSA) is 53.6 Å². The molecule has 4 rings (SSSR count). The van der Waals surface area contributed by atoms with Crippen molar-refractivity contribution in [3.63, 3.8) is 0 Å². The molecule has 24 heavy (non-hydrogen) atoms. The number of rotatable bonds is 0. The summed E-state index contributed by atoms with van der Waals surface area (Å²) in [7, 11) is 0. The lowest BCUT2D eigenvalue weighted by atomic mass is 10.2. The van der Waals surface area contributed by atoms with Gasteiger partial charge in [-0.1, -0.05) is 5.92 Å². The number of hydrogen-bond donors (Lipinski definition) is 2. The molecule has 3 aromatic rings. The van der Waals surface area contributed by atoms with Crippen molar-refractivity contribution in [3.05, 3.63) is 59.7 Å². The van der Waals surface area contributed by atoms with Crippen LogP contribution in [0.2, 0.25) is 0 Å². The Hall–Kier alpha value is -3.08. The van der Waals surface area contributed by atoms with Gasteiger partial charge in [-0.3, -0.25) is 0 Å². The van der Waals surface area contributed by atoms with Crippen molar-refractivity contribution in [1.82, 2.24) is 20.3 Å². The maximum Gasteiger partial charge on any atom is 0.161 e. The first-order valence-corrected chi connectivity index (χ1v) is 8.05. The third-order valence-electron chi connectivity index (χ3n) is 3.91. The van der Waals surface area contributed by atoms with E-state index in [0.717, 1.165) is 29.7 Å². The number of aromatic nitrogens is 3. The zero-order chi connectivity index (χ0) is 16.2. The summed E-state index contributed by atoms with van der Waals surface area (Å²) in [6.45, 7) is 1.05. The monoisotopic (exact) mass is 312 g/mol. The predicted octanol–water partition coefficient (Wildman–Crippen LogP) is 2.46. The van der Waals surface area contributed by atoms with Gasteiger partial charge >= 0.3 is 0 Å². The van der Waals surface area contributed by atoms with E-state index in [9.17, 15) is 0 Å². The van der Waals surface area contributed by atoms with E-state index in [1.54, 1.807) is 0 Å². The lowest BCUT2D eigenvalue weighted by molar-refractivity contribution is 0.749. The highest BCUT2D eigenvalue weighted by Gasteiger charge is 2.10. The third kappa shape index (κ3) is 3.30. The van der Waals surface area contributed by atoms with E-state index in [1.807, 2.05) is 42.6 Å². The zero-order valence-corrected chi connectivity index (χ0v) is 13.1. The maximum absolute atomic E-state index is 4.55. The summed E-state index contributed by atoms with van der Waals surface area (Å²) in [5.74, 6) is 12.5. The quantitative estimate of drug-likeness (QED) is 0.627. The van der Waals surface area contributed by atoms with E-state index in [0.29, 0.717) is 11.3 Å². The van der Waals surface area contributed by atoms with Crippen molar-refractivity contribution in [2.45, 2.75) is 18.9 Å². The van der Waals surface area contributed by atoms with Gasteiger partial charge < -0.3 is 10.3 Å². The van der Waals surface area contributed by atoms with Gasteiger partial charge in [-0.05, 0) is 73.5 Å². The lowest BCUT2D eigenvalue weighted by Crippen LogP contribution is -2.18. The molecule has 0 amide bonds. The molecule has 1 aliphatic rings. The summed E-state index contributed by atoms with van der Waals surface area (Å²) >= 11 is 0. The Kier molecular flexibility index (Phi) is 3.98. The minimum Gasteiger partial charge on any atom is -0.355 e. The molecule has 0 aliphatic carbocycles. The molecular formula is C20H16N4. The highest BCUT2D eigenvalue weighted by Crippen LogP contribution is 2.11. The smallest absolute Gasteiger partial charge is 0.161 e. The van der Waals surface area contributed by atoms with Crippen LogP contribution in [0.1, 0.15) is 29.9 Å². The number of fused-ring (bicyclic) bond motifs is 1. The molecule has 1 atom stereocenters. The fourth-order valence-corrected chi connectivity index (χ4v) is 2.65. The molecule has 0 bridgehead atoms. The molecule has 0 radical (unpaired) electrons. The van der Waals surface area contributed by atoms with Crippen LogP contribution in [-0.2, 0) is 0 Å².